The first kappa shape index (κ1) is 17.7. The Hall–Kier alpha value is -2.73. The van der Waals surface area contributed by atoms with Gasteiger partial charge in [0.1, 0.15) is 5.69 Å². The fraction of sp³-hybridized carbons (Fsp3) is 0.300. The maximum Gasteiger partial charge on any atom is 0.271 e. The zero-order valence-electron chi connectivity index (χ0n) is 15.0. The number of halogens is 1. The van der Waals surface area contributed by atoms with Gasteiger partial charge in [-0.3, -0.25) is 14.5 Å². The molecule has 0 aliphatic heterocycles. The minimum absolute atomic E-state index is 0.0654. The molecule has 7 heteroatoms. The van der Waals surface area contributed by atoms with Crippen molar-refractivity contribution in [2.45, 2.75) is 38.8 Å². The lowest BCUT2D eigenvalue weighted by molar-refractivity contribution is 0.0927. The Morgan fingerprint density at radius 1 is 1.26 bits per heavy atom. The average Bonchev–Trinajstić information content (AvgIpc) is 3.08. The highest BCUT2D eigenvalue weighted by Gasteiger charge is 2.26. The third kappa shape index (κ3) is 3.71. The number of aromatic nitrogens is 4. The number of rotatable bonds is 4. The van der Waals surface area contributed by atoms with E-state index in [0.29, 0.717) is 12.2 Å². The van der Waals surface area contributed by atoms with Crippen LogP contribution >= 0.6 is 11.6 Å². The molecule has 0 saturated carbocycles. The van der Waals surface area contributed by atoms with Crippen LogP contribution in [-0.4, -0.2) is 25.7 Å². The lowest BCUT2D eigenvalue weighted by Crippen LogP contribution is -2.31. The molecule has 138 valence electrons. The maximum absolute atomic E-state index is 12.5. The van der Waals surface area contributed by atoms with Gasteiger partial charge in [0, 0.05) is 22.5 Å². The largest absolute Gasteiger partial charge is 0.344 e. The van der Waals surface area contributed by atoms with Crippen LogP contribution in [0.25, 0.3) is 0 Å². The molecule has 6 nitrogen and oxygen atoms in total. The smallest absolute Gasteiger partial charge is 0.271 e. The molecule has 1 aliphatic rings. The SMILES string of the molecule is Cc1cnc(C(=O)NC2CCCc3c2cnn3Cc2ccccc2Cl)cn1. The Bertz CT molecular complexity index is 967. The van der Waals surface area contributed by atoms with Crippen molar-refractivity contribution >= 4 is 17.5 Å². The van der Waals surface area contributed by atoms with Crippen molar-refractivity contribution in [3.8, 4) is 0 Å². The first-order valence-corrected chi connectivity index (χ1v) is 9.37. The zero-order valence-corrected chi connectivity index (χ0v) is 15.8. The summed E-state index contributed by atoms with van der Waals surface area (Å²) in [6.07, 6.45) is 7.78. The molecule has 0 radical (unpaired) electrons. The Labute approximate surface area is 162 Å². The van der Waals surface area contributed by atoms with Crippen LogP contribution in [0.4, 0.5) is 0 Å². The van der Waals surface area contributed by atoms with Crippen molar-refractivity contribution in [3.05, 3.63) is 76.1 Å². The molecule has 0 bridgehead atoms. The van der Waals surface area contributed by atoms with Crippen molar-refractivity contribution in [3.63, 3.8) is 0 Å². The topological polar surface area (TPSA) is 72.7 Å². The van der Waals surface area contributed by atoms with E-state index in [1.165, 1.54) is 6.20 Å². The standard InChI is InChI=1S/C20H20ClN5O/c1-13-9-23-18(11-22-13)20(27)25-17-7-4-8-19-15(17)10-24-26(19)12-14-5-2-3-6-16(14)21/h2-3,5-6,9-11,17H,4,7-8,12H2,1H3,(H,25,27). The van der Waals surface area contributed by atoms with E-state index in [0.717, 1.165) is 46.8 Å². The molecule has 2 heterocycles. The first-order valence-electron chi connectivity index (χ1n) is 8.99. The molecule has 1 unspecified atom stereocenters. The minimum Gasteiger partial charge on any atom is -0.344 e. The Kier molecular flexibility index (Phi) is 4.90. The number of hydrogen-bond acceptors (Lipinski definition) is 4. The van der Waals surface area contributed by atoms with E-state index in [2.05, 4.69) is 20.4 Å². The van der Waals surface area contributed by atoms with Gasteiger partial charge in [-0.2, -0.15) is 5.10 Å². The van der Waals surface area contributed by atoms with Crippen molar-refractivity contribution in [1.82, 2.24) is 25.1 Å². The second-order valence-electron chi connectivity index (χ2n) is 6.76. The Morgan fingerprint density at radius 3 is 2.89 bits per heavy atom. The van der Waals surface area contributed by atoms with E-state index in [9.17, 15) is 4.79 Å². The number of benzene rings is 1. The van der Waals surface area contributed by atoms with E-state index in [1.807, 2.05) is 42.1 Å². The van der Waals surface area contributed by atoms with Gasteiger partial charge in [0.25, 0.3) is 5.91 Å². The highest BCUT2D eigenvalue weighted by atomic mass is 35.5. The highest BCUT2D eigenvalue weighted by molar-refractivity contribution is 6.31. The van der Waals surface area contributed by atoms with Gasteiger partial charge in [0.2, 0.25) is 0 Å². The number of carbonyl (C=O) groups is 1. The predicted octanol–water partition coefficient (Wildman–Crippen LogP) is 3.49. The lowest BCUT2D eigenvalue weighted by Gasteiger charge is -2.24. The molecule has 1 N–H and O–H groups in total. The van der Waals surface area contributed by atoms with Crippen LogP contribution in [0.15, 0.2) is 42.9 Å². The Morgan fingerprint density at radius 2 is 2.11 bits per heavy atom. The van der Waals surface area contributed by atoms with Crippen LogP contribution in [0, 0.1) is 6.92 Å². The molecule has 0 saturated heterocycles. The van der Waals surface area contributed by atoms with E-state index in [4.69, 9.17) is 11.6 Å². The molecular formula is C20H20ClN5O. The lowest BCUT2D eigenvalue weighted by atomic mass is 9.92. The van der Waals surface area contributed by atoms with Crippen molar-refractivity contribution in [1.29, 1.82) is 0 Å². The zero-order chi connectivity index (χ0) is 18.8. The molecular weight excluding hydrogens is 362 g/mol. The molecule has 1 atom stereocenters. The van der Waals surface area contributed by atoms with E-state index >= 15 is 0 Å². The van der Waals surface area contributed by atoms with E-state index in [-0.39, 0.29) is 11.9 Å². The molecule has 4 rings (SSSR count). The molecule has 27 heavy (non-hydrogen) atoms. The van der Waals surface area contributed by atoms with Crippen LogP contribution in [-0.2, 0) is 13.0 Å². The van der Waals surface area contributed by atoms with Crippen molar-refractivity contribution in [2.24, 2.45) is 0 Å². The number of aryl methyl sites for hydroxylation is 1. The van der Waals surface area contributed by atoms with Gasteiger partial charge in [-0.05, 0) is 37.8 Å². The number of nitrogens with zero attached hydrogens (tertiary/aromatic N) is 4. The van der Waals surface area contributed by atoms with Crippen LogP contribution in [0.3, 0.4) is 0 Å². The van der Waals surface area contributed by atoms with Crippen molar-refractivity contribution in [2.75, 3.05) is 0 Å². The Balaban J connectivity index is 1.54. The van der Waals surface area contributed by atoms with Crippen LogP contribution in [0.2, 0.25) is 5.02 Å². The number of amides is 1. The maximum atomic E-state index is 12.5. The summed E-state index contributed by atoms with van der Waals surface area (Å²) in [5.74, 6) is -0.209. The molecule has 1 aromatic carbocycles. The summed E-state index contributed by atoms with van der Waals surface area (Å²) >= 11 is 6.29. The fourth-order valence-corrected chi connectivity index (χ4v) is 3.63. The number of nitrogens with one attached hydrogen (secondary N) is 1. The molecule has 1 amide bonds. The van der Waals surface area contributed by atoms with Gasteiger partial charge in [-0.15, -0.1) is 0 Å². The summed E-state index contributed by atoms with van der Waals surface area (Å²) in [6, 6.07) is 7.73. The molecule has 2 aromatic heterocycles. The molecule has 3 aromatic rings. The third-order valence-corrected chi connectivity index (χ3v) is 5.23. The van der Waals surface area contributed by atoms with Crippen LogP contribution < -0.4 is 5.32 Å². The summed E-state index contributed by atoms with van der Waals surface area (Å²) in [6.45, 7) is 2.47. The van der Waals surface area contributed by atoms with Gasteiger partial charge in [-0.1, -0.05) is 29.8 Å². The number of hydrogen-bond donors (Lipinski definition) is 1. The first-order chi connectivity index (χ1) is 13.1. The van der Waals surface area contributed by atoms with Gasteiger partial charge in [-0.25, -0.2) is 4.98 Å². The molecule has 0 spiro atoms. The summed E-state index contributed by atoms with van der Waals surface area (Å²) in [5.41, 5.74) is 4.37. The quantitative estimate of drug-likeness (QED) is 0.750. The number of carbonyl (C=O) groups excluding carboxylic acids is 1. The predicted molar refractivity (Wildman–Crippen MR) is 103 cm³/mol. The van der Waals surface area contributed by atoms with E-state index < -0.39 is 0 Å². The van der Waals surface area contributed by atoms with Gasteiger partial charge in [0.05, 0.1) is 30.7 Å². The van der Waals surface area contributed by atoms with Crippen molar-refractivity contribution < 1.29 is 4.79 Å². The van der Waals surface area contributed by atoms with Crippen LogP contribution in [0.1, 0.15) is 51.9 Å². The van der Waals surface area contributed by atoms with E-state index in [1.54, 1.807) is 6.20 Å². The summed E-state index contributed by atoms with van der Waals surface area (Å²) in [4.78, 5) is 20.8. The second-order valence-corrected chi connectivity index (χ2v) is 7.16. The summed E-state index contributed by atoms with van der Waals surface area (Å²) in [5, 5.41) is 8.37. The monoisotopic (exact) mass is 381 g/mol. The minimum atomic E-state index is -0.209. The normalized spacial score (nSPS) is 16.0. The highest BCUT2D eigenvalue weighted by Crippen LogP contribution is 2.30. The fourth-order valence-electron chi connectivity index (χ4n) is 3.43. The van der Waals surface area contributed by atoms with Gasteiger partial charge >= 0.3 is 0 Å². The van der Waals surface area contributed by atoms with Gasteiger partial charge < -0.3 is 5.32 Å². The van der Waals surface area contributed by atoms with Crippen LogP contribution in [0.5, 0.6) is 0 Å². The summed E-state index contributed by atoms with van der Waals surface area (Å²) < 4.78 is 1.99. The summed E-state index contributed by atoms with van der Waals surface area (Å²) in [7, 11) is 0. The molecule has 0 fully saturated rings. The molecule has 1 aliphatic carbocycles. The second kappa shape index (κ2) is 7.48. The van der Waals surface area contributed by atoms with Gasteiger partial charge in [0.15, 0.2) is 0 Å². The number of fused-ring (bicyclic) bond motifs is 1. The average molecular weight is 382 g/mol. The third-order valence-electron chi connectivity index (χ3n) is 4.86.